The Hall–Kier alpha value is -2.24. The Morgan fingerprint density at radius 2 is 1.91 bits per heavy atom. The van der Waals surface area contributed by atoms with E-state index >= 15 is 0 Å². The first-order valence-electron chi connectivity index (χ1n) is 5.88. The van der Waals surface area contributed by atoms with E-state index in [0.717, 1.165) is 16.8 Å². The molecule has 5 nitrogen and oxygen atoms in total. The van der Waals surface area contributed by atoms with Crippen LogP contribution in [0.4, 0.5) is 13.2 Å². The highest BCUT2D eigenvalue weighted by Crippen LogP contribution is 2.35. The fourth-order valence-electron chi connectivity index (χ4n) is 1.78. The molecule has 0 radical (unpaired) electrons. The van der Waals surface area contributed by atoms with Crippen LogP contribution in [0, 0.1) is 11.3 Å². The highest BCUT2D eigenvalue weighted by Gasteiger charge is 2.31. The molecule has 0 bridgehead atoms. The van der Waals surface area contributed by atoms with Gasteiger partial charge in [0.15, 0.2) is 11.5 Å². The van der Waals surface area contributed by atoms with Crippen LogP contribution >= 0.6 is 23.2 Å². The molecule has 0 aliphatic rings. The van der Waals surface area contributed by atoms with Gasteiger partial charge in [0.1, 0.15) is 17.5 Å². The maximum atomic E-state index is 12.2. The quantitative estimate of drug-likeness (QED) is 0.768. The summed E-state index contributed by atoms with van der Waals surface area (Å²) in [6, 6.07) is 3.54. The molecule has 23 heavy (non-hydrogen) atoms. The van der Waals surface area contributed by atoms with E-state index in [0.29, 0.717) is 0 Å². The average Bonchev–Trinajstić information content (AvgIpc) is 2.79. The molecule has 0 aliphatic heterocycles. The summed E-state index contributed by atoms with van der Waals surface area (Å²) < 4.78 is 41.4. The Morgan fingerprint density at radius 1 is 1.35 bits per heavy atom. The van der Waals surface area contributed by atoms with Gasteiger partial charge in [0.2, 0.25) is 0 Å². The van der Waals surface area contributed by atoms with Crippen LogP contribution < -0.4 is 4.74 Å². The van der Waals surface area contributed by atoms with Gasteiger partial charge in [0, 0.05) is 18.3 Å². The first-order chi connectivity index (χ1) is 10.6. The van der Waals surface area contributed by atoms with Gasteiger partial charge in [-0.05, 0) is 6.92 Å². The van der Waals surface area contributed by atoms with Crippen LogP contribution in [0.3, 0.4) is 0 Å². The van der Waals surface area contributed by atoms with E-state index in [1.807, 2.05) is 0 Å². The van der Waals surface area contributed by atoms with Crippen molar-refractivity contribution in [2.24, 2.45) is 0 Å². The van der Waals surface area contributed by atoms with Gasteiger partial charge in [-0.1, -0.05) is 23.2 Å². The molecule has 2 aromatic rings. The number of ketones is 1. The van der Waals surface area contributed by atoms with Gasteiger partial charge in [0.05, 0.1) is 15.6 Å². The van der Waals surface area contributed by atoms with Gasteiger partial charge in [-0.15, -0.1) is 13.2 Å². The lowest BCUT2D eigenvalue weighted by Gasteiger charge is -2.12. The second-order valence-corrected chi connectivity index (χ2v) is 5.10. The summed E-state index contributed by atoms with van der Waals surface area (Å²) in [6.07, 6.45) is -3.67. The SMILES string of the molecule is CC(=O)c1cn(-c2c(Cl)cc(OC(F)(F)F)cc2Cl)nc1C#N. The number of Topliss-reactive ketones (excluding diaryl/α,β-unsaturated/α-hetero) is 1. The molecule has 1 heterocycles. The van der Waals surface area contributed by atoms with Crippen LogP contribution in [0.25, 0.3) is 5.69 Å². The van der Waals surface area contributed by atoms with E-state index in [1.165, 1.54) is 13.1 Å². The minimum atomic E-state index is -4.89. The minimum Gasteiger partial charge on any atom is -0.406 e. The Morgan fingerprint density at radius 3 is 2.30 bits per heavy atom. The van der Waals surface area contributed by atoms with E-state index in [2.05, 4.69) is 9.84 Å². The van der Waals surface area contributed by atoms with E-state index in [1.54, 1.807) is 6.07 Å². The van der Waals surface area contributed by atoms with Crippen LogP contribution in [0.15, 0.2) is 18.3 Å². The summed E-state index contributed by atoms with van der Waals surface area (Å²) in [4.78, 5) is 11.4. The maximum absolute atomic E-state index is 12.2. The summed E-state index contributed by atoms with van der Waals surface area (Å²) in [6.45, 7) is 1.24. The highest BCUT2D eigenvalue weighted by molar-refractivity contribution is 6.38. The molecular weight excluding hydrogens is 358 g/mol. The number of carbonyl (C=O) groups is 1. The minimum absolute atomic E-state index is 0.0202. The monoisotopic (exact) mass is 363 g/mol. The van der Waals surface area contributed by atoms with Crippen molar-refractivity contribution in [1.29, 1.82) is 5.26 Å². The summed E-state index contributed by atoms with van der Waals surface area (Å²) in [7, 11) is 0. The lowest BCUT2D eigenvalue weighted by molar-refractivity contribution is -0.274. The molecule has 1 aromatic heterocycles. The van der Waals surface area contributed by atoms with Gasteiger partial charge >= 0.3 is 6.36 Å². The number of rotatable bonds is 3. The van der Waals surface area contributed by atoms with E-state index < -0.39 is 17.9 Å². The van der Waals surface area contributed by atoms with Crippen LogP contribution in [0.5, 0.6) is 5.75 Å². The van der Waals surface area contributed by atoms with Crippen LogP contribution in [0.2, 0.25) is 10.0 Å². The van der Waals surface area contributed by atoms with Crippen molar-refractivity contribution < 1.29 is 22.7 Å². The normalized spacial score (nSPS) is 11.2. The van der Waals surface area contributed by atoms with Crippen molar-refractivity contribution in [2.45, 2.75) is 13.3 Å². The molecule has 10 heteroatoms. The molecule has 0 unspecified atom stereocenters. The van der Waals surface area contributed by atoms with Crippen molar-refractivity contribution in [2.75, 3.05) is 0 Å². The third-order valence-electron chi connectivity index (χ3n) is 2.65. The number of alkyl halides is 3. The Bertz CT molecular complexity index is 802. The third-order valence-corrected chi connectivity index (χ3v) is 3.23. The first-order valence-corrected chi connectivity index (χ1v) is 6.64. The van der Waals surface area contributed by atoms with Crippen molar-refractivity contribution in [3.8, 4) is 17.5 Å². The van der Waals surface area contributed by atoms with E-state index in [4.69, 9.17) is 28.5 Å². The predicted octanol–water partition coefficient (Wildman–Crippen LogP) is 4.15. The molecule has 0 amide bonds. The molecule has 0 spiro atoms. The second kappa shape index (κ2) is 6.10. The number of aromatic nitrogens is 2. The molecular formula is C13H6Cl2F3N3O2. The van der Waals surface area contributed by atoms with E-state index in [-0.39, 0.29) is 27.0 Å². The summed E-state index contributed by atoms with van der Waals surface area (Å²) >= 11 is 11.8. The third kappa shape index (κ3) is 3.75. The van der Waals surface area contributed by atoms with Crippen molar-refractivity contribution in [1.82, 2.24) is 9.78 Å². The Balaban J connectivity index is 2.53. The predicted molar refractivity (Wildman–Crippen MR) is 75.0 cm³/mol. The number of nitrogens with zero attached hydrogens (tertiary/aromatic N) is 3. The fraction of sp³-hybridized carbons (Fsp3) is 0.154. The molecule has 0 saturated carbocycles. The number of benzene rings is 1. The molecule has 120 valence electrons. The maximum Gasteiger partial charge on any atom is 0.573 e. The number of ether oxygens (including phenoxy) is 1. The summed E-state index contributed by atoms with van der Waals surface area (Å²) in [5, 5.41) is 12.4. The van der Waals surface area contributed by atoms with Crippen LogP contribution in [-0.2, 0) is 0 Å². The van der Waals surface area contributed by atoms with Gasteiger partial charge in [-0.3, -0.25) is 4.79 Å². The molecule has 1 aromatic carbocycles. The molecule has 0 atom stereocenters. The van der Waals surface area contributed by atoms with Gasteiger partial charge < -0.3 is 4.74 Å². The van der Waals surface area contributed by atoms with Gasteiger partial charge in [-0.25, -0.2) is 4.68 Å². The number of hydrogen-bond acceptors (Lipinski definition) is 4. The average molecular weight is 364 g/mol. The van der Waals surface area contributed by atoms with E-state index in [9.17, 15) is 18.0 Å². The molecule has 0 N–H and O–H groups in total. The summed E-state index contributed by atoms with van der Waals surface area (Å²) in [5.74, 6) is -1.01. The number of nitriles is 1. The second-order valence-electron chi connectivity index (χ2n) is 4.29. The molecule has 0 fully saturated rings. The summed E-state index contributed by atoms with van der Waals surface area (Å²) in [5.41, 5.74) is -0.0950. The van der Waals surface area contributed by atoms with Crippen molar-refractivity contribution in [3.63, 3.8) is 0 Å². The lowest BCUT2D eigenvalue weighted by Crippen LogP contribution is -2.17. The Labute approximate surface area is 137 Å². The van der Waals surface area contributed by atoms with Gasteiger partial charge in [-0.2, -0.15) is 10.4 Å². The lowest BCUT2D eigenvalue weighted by atomic mass is 10.2. The first kappa shape index (κ1) is 17.1. The van der Waals surface area contributed by atoms with Crippen LogP contribution in [-0.4, -0.2) is 21.9 Å². The molecule has 0 saturated heterocycles. The Kier molecular flexibility index (Phi) is 4.54. The smallest absolute Gasteiger partial charge is 0.406 e. The topological polar surface area (TPSA) is 67.9 Å². The molecule has 0 aliphatic carbocycles. The standard InChI is InChI=1S/C13H6Cl2F3N3O2/c1-6(22)8-5-21(20-11(8)4-19)12-9(14)2-7(3-10(12)15)23-13(16,17)18/h2-3,5H,1H3. The highest BCUT2D eigenvalue weighted by atomic mass is 35.5. The fourth-order valence-corrected chi connectivity index (χ4v) is 2.42. The number of carbonyl (C=O) groups excluding carboxylic acids is 1. The zero-order valence-corrected chi connectivity index (χ0v) is 12.8. The van der Waals surface area contributed by atoms with Crippen molar-refractivity contribution in [3.05, 3.63) is 39.6 Å². The van der Waals surface area contributed by atoms with Crippen LogP contribution in [0.1, 0.15) is 23.0 Å². The largest absolute Gasteiger partial charge is 0.573 e. The van der Waals surface area contributed by atoms with Gasteiger partial charge in [0.25, 0.3) is 0 Å². The zero-order chi connectivity index (χ0) is 17.4. The zero-order valence-electron chi connectivity index (χ0n) is 11.3. The van der Waals surface area contributed by atoms with Crippen molar-refractivity contribution >= 4 is 29.0 Å². The number of hydrogen-bond donors (Lipinski definition) is 0. The molecule has 2 rings (SSSR count). The number of halogens is 5.